The number of piperidine rings is 1. The fourth-order valence-corrected chi connectivity index (χ4v) is 3.33. The summed E-state index contributed by atoms with van der Waals surface area (Å²) in [6.45, 7) is 1.34. The summed E-state index contributed by atoms with van der Waals surface area (Å²) in [7, 11) is 0. The lowest BCUT2D eigenvalue weighted by molar-refractivity contribution is -0.142. The summed E-state index contributed by atoms with van der Waals surface area (Å²) < 4.78 is 5.56. The molecule has 26 heavy (non-hydrogen) atoms. The Hall–Kier alpha value is -2.11. The number of carbonyl (C=O) groups excluding carboxylic acids is 2. The zero-order valence-corrected chi connectivity index (χ0v) is 15.5. The summed E-state index contributed by atoms with van der Waals surface area (Å²) >= 11 is 11.8. The Morgan fingerprint density at radius 2 is 1.69 bits per heavy atom. The highest BCUT2D eigenvalue weighted by Crippen LogP contribution is 2.26. The standard InChI is InChI=1S/C19H18Cl2N2O3/c20-15-10-9-14(17(21)22-15)19(25)26-16(13-7-3-1-4-8-13)18(24)23-11-5-2-6-12-23/h1,3-4,7-10,16H,2,5-6,11-12H2. The molecule has 3 rings (SSSR count). The maximum atomic E-state index is 13.0. The summed E-state index contributed by atoms with van der Waals surface area (Å²) in [6, 6.07) is 11.9. The molecule has 1 atom stereocenters. The third-order valence-corrected chi connectivity index (χ3v) is 4.75. The zero-order valence-electron chi connectivity index (χ0n) is 14.0. The Balaban J connectivity index is 1.85. The molecule has 1 aromatic carbocycles. The molecule has 0 bridgehead atoms. The first-order valence-electron chi connectivity index (χ1n) is 8.43. The van der Waals surface area contributed by atoms with Crippen LogP contribution in [0.4, 0.5) is 0 Å². The van der Waals surface area contributed by atoms with Crippen molar-refractivity contribution in [2.24, 2.45) is 0 Å². The number of amides is 1. The molecule has 136 valence electrons. The molecule has 5 nitrogen and oxygen atoms in total. The number of esters is 1. The maximum Gasteiger partial charge on any atom is 0.342 e. The molecule has 0 saturated carbocycles. The molecule has 0 N–H and O–H groups in total. The van der Waals surface area contributed by atoms with E-state index >= 15 is 0 Å². The maximum absolute atomic E-state index is 13.0. The predicted molar refractivity (Wildman–Crippen MR) is 99.3 cm³/mol. The number of benzene rings is 1. The van der Waals surface area contributed by atoms with Gasteiger partial charge in [-0.2, -0.15) is 0 Å². The number of nitrogens with zero attached hydrogens (tertiary/aromatic N) is 2. The average molecular weight is 393 g/mol. The van der Waals surface area contributed by atoms with Crippen molar-refractivity contribution < 1.29 is 14.3 Å². The first kappa shape index (κ1) is 18.7. The van der Waals surface area contributed by atoms with Crippen LogP contribution in [0.2, 0.25) is 10.3 Å². The van der Waals surface area contributed by atoms with E-state index in [-0.39, 0.29) is 21.8 Å². The Bertz CT molecular complexity index is 793. The Kier molecular flexibility index (Phi) is 6.12. The van der Waals surface area contributed by atoms with E-state index in [1.54, 1.807) is 29.2 Å². The number of rotatable bonds is 4. The van der Waals surface area contributed by atoms with E-state index in [2.05, 4.69) is 4.98 Å². The second-order valence-corrected chi connectivity index (χ2v) is 6.80. The van der Waals surface area contributed by atoms with Crippen LogP contribution in [0.3, 0.4) is 0 Å². The third-order valence-electron chi connectivity index (χ3n) is 4.25. The Morgan fingerprint density at radius 1 is 1.00 bits per heavy atom. The van der Waals surface area contributed by atoms with Crippen LogP contribution in [0.5, 0.6) is 0 Å². The van der Waals surface area contributed by atoms with Crippen LogP contribution in [0.1, 0.15) is 41.3 Å². The second-order valence-electron chi connectivity index (χ2n) is 6.05. The number of pyridine rings is 1. The van der Waals surface area contributed by atoms with Gasteiger partial charge in [0.1, 0.15) is 10.3 Å². The number of carbonyl (C=O) groups is 2. The lowest BCUT2D eigenvalue weighted by Crippen LogP contribution is -2.40. The van der Waals surface area contributed by atoms with Crippen LogP contribution in [-0.4, -0.2) is 34.8 Å². The summed E-state index contributed by atoms with van der Waals surface area (Å²) in [4.78, 5) is 31.2. The topological polar surface area (TPSA) is 59.5 Å². The largest absolute Gasteiger partial charge is 0.444 e. The van der Waals surface area contributed by atoms with Gasteiger partial charge in [0.15, 0.2) is 0 Å². The Labute approximate surface area is 161 Å². The molecule has 0 aliphatic carbocycles. The molecular weight excluding hydrogens is 375 g/mol. The molecule has 1 unspecified atom stereocenters. The molecule has 2 aromatic rings. The minimum atomic E-state index is -1.02. The van der Waals surface area contributed by atoms with Crippen LogP contribution in [-0.2, 0) is 9.53 Å². The molecular formula is C19H18Cl2N2O3. The van der Waals surface area contributed by atoms with Gasteiger partial charge < -0.3 is 9.64 Å². The predicted octanol–water partition coefficient (Wildman–Crippen LogP) is 4.30. The average Bonchev–Trinajstić information content (AvgIpc) is 2.67. The number of aromatic nitrogens is 1. The minimum absolute atomic E-state index is 0.0558. The van der Waals surface area contributed by atoms with Gasteiger partial charge in [0.05, 0.1) is 5.56 Å². The number of hydrogen-bond donors (Lipinski definition) is 0. The molecule has 2 heterocycles. The van der Waals surface area contributed by atoms with Crippen LogP contribution >= 0.6 is 23.2 Å². The van der Waals surface area contributed by atoms with E-state index in [0.717, 1.165) is 19.3 Å². The zero-order chi connectivity index (χ0) is 18.5. The van der Waals surface area contributed by atoms with Crippen molar-refractivity contribution in [1.29, 1.82) is 0 Å². The van der Waals surface area contributed by atoms with Gasteiger partial charge in [0.25, 0.3) is 5.91 Å². The lowest BCUT2D eigenvalue weighted by Gasteiger charge is -2.30. The SMILES string of the molecule is O=C(OC(C(=O)N1CCCCC1)c1ccccc1)c1ccc(Cl)nc1Cl. The first-order chi connectivity index (χ1) is 12.6. The molecule has 0 spiro atoms. The minimum Gasteiger partial charge on any atom is -0.444 e. The smallest absolute Gasteiger partial charge is 0.342 e. The van der Waals surface area contributed by atoms with Crippen molar-refractivity contribution in [3.05, 3.63) is 63.9 Å². The summed E-state index contributed by atoms with van der Waals surface area (Å²) in [6.07, 6.45) is 1.99. The fraction of sp³-hybridized carbons (Fsp3) is 0.316. The highest BCUT2D eigenvalue weighted by molar-refractivity contribution is 6.34. The molecule has 1 saturated heterocycles. The molecule has 1 aliphatic heterocycles. The molecule has 7 heteroatoms. The van der Waals surface area contributed by atoms with Gasteiger partial charge in [-0.25, -0.2) is 9.78 Å². The number of hydrogen-bond acceptors (Lipinski definition) is 4. The summed E-state index contributed by atoms with van der Waals surface area (Å²) in [5.41, 5.74) is 0.693. The quantitative estimate of drug-likeness (QED) is 0.574. The van der Waals surface area contributed by atoms with Gasteiger partial charge in [0.2, 0.25) is 6.10 Å². The highest BCUT2D eigenvalue weighted by Gasteiger charge is 2.31. The van der Waals surface area contributed by atoms with Crippen molar-refractivity contribution in [1.82, 2.24) is 9.88 Å². The number of ether oxygens (including phenoxy) is 1. The van der Waals surface area contributed by atoms with E-state index in [4.69, 9.17) is 27.9 Å². The van der Waals surface area contributed by atoms with E-state index in [9.17, 15) is 9.59 Å². The highest BCUT2D eigenvalue weighted by atomic mass is 35.5. The van der Waals surface area contributed by atoms with Crippen LogP contribution < -0.4 is 0 Å². The van der Waals surface area contributed by atoms with Gasteiger partial charge >= 0.3 is 5.97 Å². The Morgan fingerprint density at radius 3 is 2.35 bits per heavy atom. The fourth-order valence-electron chi connectivity index (χ4n) is 2.90. The van der Waals surface area contributed by atoms with Crippen molar-refractivity contribution in [3.63, 3.8) is 0 Å². The molecule has 1 fully saturated rings. The summed E-state index contributed by atoms with van der Waals surface area (Å²) in [5.74, 6) is -0.930. The molecule has 1 aromatic heterocycles. The van der Waals surface area contributed by atoms with E-state index < -0.39 is 12.1 Å². The van der Waals surface area contributed by atoms with Gasteiger partial charge in [-0.3, -0.25) is 4.79 Å². The van der Waals surface area contributed by atoms with Crippen molar-refractivity contribution in [3.8, 4) is 0 Å². The van der Waals surface area contributed by atoms with Gasteiger partial charge in [-0.05, 0) is 31.4 Å². The van der Waals surface area contributed by atoms with Crippen LogP contribution in [0, 0.1) is 0 Å². The van der Waals surface area contributed by atoms with Crippen molar-refractivity contribution in [2.45, 2.75) is 25.4 Å². The van der Waals surface area contributed by atoms with Crippen molar-refractivity contribution >= 4 is 35.1 Å². The van der Waals surface area contributed by atoms with Gasteiger partial charge in [-0.15, -0.1) is 0 Å². The van der Waals surface area contributed by atoms with E-state index in [0.29, 0.717) is 18.7 Å². The summed E-state index contributed by atoms with van der Waals surface area (Å²) in [5, 5.41) is 0.121. The van der Waals surface area contributed by atoms with Gasteiger partial charge in [0, 0.05) is 18.7 Å². The van der Waals surface area contributed by atoms with Crippen LogP contribution in [0.15, 0.2) is 42.5 Å². The first-order valence-corrected chi connectivity index (χ1v) is 9.18. The second kappa shape index (κ2) is 8.52. The number of likely N-dealkylation sites (tertiary alicyclic amines) is 1. The molecule has 1 amide bonds. The van der Waals surface area contributed by atoms with Gasteiger partial charge in [-0.1, -0.05) is 53.5 Å². The monoisotopic (exact) mass is 392 g/mol. The number of halogens is 2. The van der Waals surface area contributed by atoms with E-state index in [1.165, 1.54) is 12.1 Å². The van der Waals surface area contributed by atoms with Crippen LogP contribution in [0.25, 0.3) is 0 Å². The van der Waals surface area contributed by atoms with Crippen molar-refractivity contribution in [2.75, 3.05) is 13.1 Å². The molecule has 0 radical (unpaired) electrons. The molecule has 1 aliphatic rings. The lowest BCUT2D eigenvalue weighted by atomic mass is 10.1. The van der Waals surface area contributed by atoms with E-state index in [1.807, 2.05) is 6.07 Å². The third kappa shape index (κ3) is 4.34. The normalized spacial score (nSPS) is 15.4.